The molecule has 1 aliphatic carbocycles. The lowest BCUT2D eigenvalue weighted by Crippen LogP contribution is -2.30. The highest BCUT2D eigenvalue weighted by Gasteiger charge is 2.32. The zero-order valence-electron chi connectivity index (χ0n) is 18.3. The third-order valence-corrected chi connectivity index (χ3v) is 5.99. The van der Waals surface area contributed by atoms with Crippen molar-refractivity contribution in [2.45, 2.75) is 32.8 Å². The summed E-state index contributed by atoms with van der Waals surface area (Å²) in [4.78, 5) is 14.4. The zero-order valence-corrected chi connectivity index (χ0v) is 19.1. The number of carbonyl (C=O) groups excluding carboxylic acids is 1. The molecule has 1 aromatic heterocycles. The Hall–Kier alpha value is -3.58. The van der Waals surface area contributed by atoms with Gasteiger partial charge in [-0.1, -0.05) is 6.07 Å². The van der Waals surface area contributed by atoms with E-state index in [1.165, 1.54) is 22.4 Å². The maximum Gasteiger partial charge on any atom is 0.281 e. The van der Waals surface area contributed by atoms with E-state index in [1.807, 2.05) is 37.3 Å². The Bertz CT molecular complexity index is 1230. The lowest BCUT2D eigenvalue weighted by atomic mass is 10.1. The van der Waals surface area contributed by atoms with Gasteiger partial charge in [0.05, 0.1) is 12.3 Å². The fourth-order valence-electron chi connectivity index (χ4n) is 4.11. The van der Waals surface area contributed by atoms with Gasteiger partial charge in [0.1, 0.15) is 35.3 Å². The lowest BCUT2D eigenvalue weighted by molar-refractivity contribution is -0.113. The van der Waals surface area contributed by atoms with Crippen molar-refractivity contribution in [3.63, 3.8) is 0 Å². The fourth-order valence-corrected chi connectivity index (χ4v) is 4.41. The van der Waals surface area contributed by atoms with Gasteiger partial charge in [-0.3, -0.25) is 9.69 Å². The van der Waals surface area contributed by atoms with E-state index in [9.17, 15) is 4.79 Å². The van der Waals surface area contributed by atoms with E-state index in [4.69, 9.17) is 26.1 Å². The van der Waals surface area contributed by atoms with Crippen molar-refractivity contribution in [1.82, 2.24) is 5.32 Å². The summed E-state index contributed by atoms with van der Waals surface area (Å²) < 4.78 is 17.2. The van der Waals surface area contributed by atoms with Crippen molar-refractivity contribution in [3.8, 4) is 11.5 Å². The van der Waals surface area contributed by atoms with Crippen LogP contribution in [-0.4, -0.2) is 17.6 Å². The Kier molecular flexibility index (Phi) is 5.88. The van der Waals surface area contributed by atoms with E-state index in [-0.39, 0.29) is 5.91 Å². The molecule has 3 aromatic rings. The summed E-state index contributed by atoms with van der Waals surface area (Å²) in [6.07, 6.45) is 5.13. The molecule has 6 nitrogen and oxygen atoms in total. The second-order valence-electron chi connectivity index (χ2n) is 7.93. The number of furan rings is 1. The molecule has 1 amide bonds. The zero-order chi connectivity index (χ0) is 22.8. The van der Waals surface area contributed by atoms with Crippen LogP contribution in [0.5, 0.6) is 11.5 Å². The molecule has 1 saturated heterocycles. The smallest absolute Gasteiger partial charge is 0.281 e. The molecule has 2 aromatic carbocycles. The number of rotatable bonds is 7. The van der Waals surface area contributed by atoms with Crippen molar-refractivity contribution < 1.29 is 18.7 Å². The number of fused-ring (bicyclic) bond motifs is 1. The van der Waals surface area contributed by atoms with Gasteiger partial charge in [0.15, 0.2) is 5.11 Å². The number of nitrogens with zero attached hydrogens (tertiary/aromatic N) is 1. The van der Waals surface area contributed by atoms with E-state index in [2.05, 4.69) is 17.4 Å². The average molecular weight is 461 g/mol. The molecule has 2 aliphatic rings. The van der Waals surface area contributed by atoms with Crippen LogP contribution in [0.15, 0.2) is 64.7 Å². The van der Waals surface area contributed by atoms with Gasteiger partial charge in [-0.2, -0.15) is 0 Å². The van der Waals surface area contributed by atoms with Gasteiger partial charge >= 0.3 is 0 Å². The first-order valence-corrected chi connectivity index (χ1v) is 11.4. The van der Waals surface area contributed by atoms with Crippen LogP contribution in [0, 0.1) is 0 Å². The summed E-state index contributed by atoms with van der Waals surface area (Å²) >= 11 is 5.38. The van der Waals surface area contributed by atoms with E-state index >= 15 is 0 Å². The lowest BCUT2D eigenvalue weighted by Gasteiger charge is -2.14. The molecule has 1 fully saturated rings. The van der Waals surface area contributed by atoms with E-state index in [0.29, 0.717) is 41.2 Å². The second kappa shape index (κ2) is 9.11. The van der Waals surface area contributed by atoms with Crippen LogP contribution < -0.4 is 19.7 Å². The quantitative estimate of drug-likeness (QED) is 0.395. The number of aryl methyl sites for hydroxylation is 2. The summed E-state index contributed by atoms with van der Waals surface area (Å²) in [6.45, 7) is 2.82. The maximum absolute atomic E-state index is 13.0. The largest absolute Gasteiger partial charge is 0.494 e. The van der Waals surface area contributed by atoms with Crippen molar-refractivity contribution in [2.75, 3.05) is 11.5 Å². The first kappa shape index (κ1) is 21.3. The third-order valence-electron chi connectivity index (χ3n) is 5.70. The summed E-state index contributed by atoms with van der Waals surface area (Å²) in [5.41, 5.74) is 3.82. The molecule has 0 saturated carbocycles. The van der Waals surface area contributed by atoms with Crippen LogP contribution in [-0.2, 0) is 24.2 Å². The first-order valence-electron chi connectivity index (χ1n) is 11.0. The Balaban J connectivity index is 1.25. The van der Waals surface area contributed by atoms with Crippen molar-refractivity contribution >= 4 is 35.0 Å². The molecule has 2 heterocycles. The summed E-state index contributed by atoms with van der Waals surface area (Å²) in [6, 6.07) is 17.2. The Morgan fingerprint density at radius 2 is 1.82 bits per heavy atom. The van der Waals surface area contributed by atoms with Crippen molar-refractivity contribution in [3.05, 3.63) is 82.9 Å². The highest BCUT2D eigenvalue weighted by molar-refractivity contribution is 7.80. The van der Waals surface area contributed by atoms with Crippen LogP contribution >= 0.6 is 12.2 Å². The molecule has 0 radical (unpaired) electrons. The minimum Gasteiger partial charge on any atom is -0.494 e. The number of thiocarbonyl (C=S) groups is 1. The minimum absolute atomic E-state index is 0.239. The number of hydrogen-bond acceptors (Lipinski definition) is 5. The molecule has 0 unspecified atom stereocenters. The standard InChI is InChI=1S/C26H24N2O4S/c1-2-30-20-10-7-19(8-11-20)28-25(29)24(27-26(28)33)15-22-12-13-23(32-22)16-31-21-9-6-17-4-3-5-18(17)14-21/h6-15H,2-5,16H2,1H3,(H,27,33)/b24-15+. The number of nitrogens with one attached hydrogen (secondary N) is 1. The number of ether oxygens (including phenoxy) is 2. The summed E-state index contributed by atoms with van der Waals surface area (Å²) in [5.74, 6) is 2.58. The van der Waals surface area contributed by atoms with E-state index < -0.39 is 0 Å². The summed E-state index contributed by atoms with van der Waals surface area (Å²) in [7, 11) is 0. The van der Waals surface area contributed by atoms with Crippen LogP contribution in [0.2, 0.25) is 0 Å². The van der Waals surface area contributed by atoms with E-state index in [0.717, 1.165) is 24.3 Å². The van der Waals surface area contributed by atoms with Gasteiger partial charge in [-0.15, -0.1) is 0 Å². The molecule has 33 heavy (non-hydrogen) atoms. The van der Waals surface area contributed by atoms with Crippen LogP contribution in [0.25, 0.3) is 6.08 Å². The number of carbonyl (C=O) groups is 1. The molecule has 0 spiro atoms. The molecule has 0 bridgehead atoms. The Labute approximate surface area is 197 Å². The maximum atomic E-state index is 13.0. The SMILES string of the molecule is CCOc1ccc(N2C(=O)/C(=C\c3ccc(COc4ccc5c(c4)CCC5)o3)NC2=S)cc1. The normalized spacial score (nSPS) is 16.3. The van der Waals surface area contributed by atoms with Gasteiger partial charge < -0.3 is 19.2 Å². The molecule has 168 valence electrons. The molecular weight excluding hydrogens is 436 g/mol. The summed E-state index contributed by atoms with van der Waals surface area (Å²) in [5, 5.41) is 3.30. The molecule has 0 atom stereocenters. The molecular formula is C26H24N2O4S. The topological polar surface area (TPSA) is 63.9 Å². The van der Waals surface area contributed by atoms with Crippen molar-refractivity contribution in [2.24, 2.45) is 0 Å². The van der Waals surface area contributed by atoms with Gasteiger partial charge in [0.2, 0.25) is 0 Å². The van der Waals surface area contributed by atoms with E-state index in [1.54, 1.807) is 18.2 Å². The van der Waals surface area contributed by atoms with Gasteiger partial charge in [-0.25, -0.2) is 0 Å². The van der Waals surface area contributed by atoms with Crippen LogP contribution in [0.1, 0.15) is 36.0 Å². The van der Waals surface area contributed by atoms with Crippen molar-refractivity contribution in [1.29, 1.82) is 0 Å². The predicted octanol–water partition coefficient (Wildman–Crippen LogP) is 5.01. The fraction of sp³-hybridized carbons (Fsp3) is 0.231. The first-order chi connectivity index (χ1) is 16.1. The molecule has 7 heteroatoms. The number of anilines is 1. The third kappa shape index (κ3) is 4.50. The van der Waals surface area contributed by atoms with Gasteiger partial charge in [-0.05, 0) is 98.1 Å². The second-order valence-corrected chi connectivity index (χ2v) is 8.32. The Morgan fingerprint density at radius 3 is 2.64 bits per heavy atom. The van der Waals surface area contributed by atoms with Crippen LogP contribution in [0.3, 0.4) is 0 Å². The monoisotopic (exact) mass is 460 g/mol. The molecule has 5 rings (SSSR count). The molecule has 1 N–H and O–H groups in total. The van der Waals surface area contributed by atoms with Gasteiger partial charge in [0.25, 0.3) is 5.91 Å². The number of benzene rings is 2. The average Bonchev–Trinajstić information content (AvgIpc) is 3.53. The number of hydrogen-bond donors (Lipinski definition) is 1. The van der Waals surface area contributed by atoms with Gasteiger partial charge in [0, 0.05) is 6.08 Å². The minimum atomic E-state index is -0.239. The highest BCUT2D eigenvalue weighted by Crippen LogP contribution is 2.27. The van der Waals surface area contributed by atoms with Crippen LogP contribution in [0.4, 0.5) is 5.69 Å². The highest BCUT2D eigenvalue weighted by atomic mass is 32.1. The number of amides is 1. The Morgan fingerprint density at radius 1 is 1.03 bits per heavy atom. The molecule has 1 aliphatic heterocycles. The predicted molar refractivity (Wildman–Crippen MR) is 130 cm³/mol.